The zero-order valence-corrected chi connectivity index (χ0v) is 11.2. The molecule has 0 bridgehead atoms. The molecule has 0 aromatic heterocycles. The second-order valence-electron chi connectivity index (χ2n) is 3.71. The average Bonchev–Trinajstić information content (AvgIpc) is 2.45. The number of methoxy groups -OCH3 is 2. The Bertz CT molecular complexity index is 514. The second-order valence-corrected chi connectivity index (χ2v) is 3.71. The Kier molecular flexibility index (Phi) is 5.01. The lowest BCUT2D eigenvalue weighted by molar-refractivity contribution is -0.173. The van der Waals surface area contributed by atoms with Crippen molar-refractivity contribution in [2.45, 2.75) is 12.8 Å². The lowest BCUT2D eigenvalue weighted by Gasteiger charge is -2.19. The smallest absolute Gasteiger partial charge is 0.382 e. The molecule has 0 spiro atoms. The van der Waals surface area contributed by atoms with Crippen LogP contribution in [0.25, 0.3) is 0 Å². The molecule has 0 aliphatic heterocycles. The Hall–Kier alpha value is -2.18. The number of rotatable bonds is 6. The highest BCUT2D eigenvalue weighted by atomic mass is 19.3. The summed E-state index contributed by atoms with van der Waals surface area (Å²) in [7, 11) is 2.38. The summed E-state index contributed by atoms with van der Waals surface area (Å²) in [6.07, 6.45) is 0.438. The second kappa shape index (κ2) is 6.31. The van der Waals surface area contributed by atoms with E-state index in [0.717, 1.165) is 19.2 Å². The van der Waals surface area contributed by atoms with Crippen molar-refractivity contribution in [3.05, 3.63) is 23.3 Å². The van der Waals surface area contributed by atoms with Crippen molar-refractivity contribution in [2.75, 3.05) is 20.8 Å². The molecule has 0 aliphatic carbocycles. The molecule has 0 saturated heterocycles. The quantitative estimate of drug-likeness (QED) is 0.593. The number of ether oxygens (including phenoxy) is 3. The summed E-state index contributed by atoms with van der Waals surface area (Å²) in [4.78, 5) is 22.2. The molecule has 0 atom stereocenters. The normalized spacial score (nSPS) is 10.8. The number of halogens is 2. The number of hydrogen-bond acceptors (Lipinski definition) is 5. The maximum Gasteiger partial charge on any atom is 0.382 e. The molecule has 1 aromatic carbocycles. The van der Waals surface area contributed by atoms with Gasteiger partial charge >= 0.3 is 11.9 Å². The Morgan fingerprint density at radius 1 is 1.25 bits per heavy atom. The topological polar surface area (TPSA) is 61.8 Å². The van der Waals surface area contributed by atoms with Crippen LogP contribution in [-0.4, -0.2) is 33.1 Å². The summed E-state index contributed by atoms with van der Waals surface area (Å²) in [5, 5.41) is 0. The van der Waals surface area contributed by atoms with Crippen molar-refractivity contribution in [3.8, 4) is 11.5 Å². The van der Waals surface area contributed by atoms with Crippen LogP contribution in [-0.2, 0) is 15.5 Å². The third-order valence-electron chi connectivity index (χ3n) is 2.55. The van der Waals surface area contributed by atoms with E-state index < -0.39 is 17.5 Å². The third kappa shape index (κ3) is 2.87. The molecule has 0 amide bonds. The first-order chi connectivity index (χ1) is 9.42. The van der Waals surface area contributed by atoms with E-state index in [2.05, 4.69) is 4.74 Å². The van der Waals surface area contributed by atoms with Crippen LogP contribution in [0.5, 0.6) is 11.5 Å². The number of benzene rings is 1. The molecule has 0 fully saturated rings. The minimum Gasteiger partial charge on any atom is -0.496 e. The van der Waals surface area contributed by atoms with Gasteiger partial charge in [-0.3, -0.25) is 4.79 Å². The Morgan fingerprint density at radius 3 is 2.30 bits per heavy atom. The zero-order valence-electron chi connectivity index (χ0n) is 11.2. The number of carbonyl (C=O) groups is 2. The van der Waals surface area contributed by atoms with Gasteiger partial charge in [-0.15, -0.1) is 0 Å². The minimum absolute atomic E-state index is 0.0350. The molecule has 0 heterocycles. The van der Waals surface area contributed by atoms with Crippen LogP contribution < -0.4 is 9.47 Å². The monoisotopic (exact) mass is 288 g/mol. The summed E-state index contributed by atoms with van der Waals surface area (Å²) in [5.74, 6) is -5.99. The fourth-order valence-electron chi connectivity index (χ4n) is 1.59. The van der Waals surface area contributed by atoms with Gasteiger partial charge in [0.25, 0.3) is 0 Å². The molecule has 0 aliphatic rings. The molecule has 5 nitrogen and oxygen atoms in total. The van der Waals surface area contributed by atoms with Gasteiger partial charge < -0.3 is 14.2 Å². The van der Waals surface area contributed by atoms with Crippen LogP contribution in [0, 0.1) is 0 Å². The molecule has 0 unspecified atom stereocenters. The van der Waals surface area contributed by atoms with Gasteiger partial charge in [-0.05, 0) is 19.1 Å². The SMILES string of the molecule is CCOC(=O)C(F)(F)c1cc(OC)c(C=O)cc1OC. The minimum atomic E-state index is -3.91. The van der Waals surface area contributed by atoms with Gasteiger partial charge in [-0.25, -0.2) is 4.79 Å². The van der Waals surface area contributed by atoms with Crippen LogP contribution >= 0.6 is 0 Å². The summed E-state index contributed by atoms with van der Waals surface area (Å²) in [6, 6.07) is 1.97. The predicted molar refractivity (Wildman–Crippen MR) is 65.5 cm³/mol. The van der Waals surface area contributed by atoms with E-state index in [-0.39, 0.29) is 23.7 Å². The van der Waals surface area contributed by atoms with Crippen LogP contribution in [0.2, 0.25) is 0 Å². The number of hydrogen-bond donors (Lipinski definition) is 0. The van der Waals surface area contributed by atoms with Gasteiger partial charge in [0.2, 0.25) is 0 Å². The average molecular weight is 288 g/mol. The number of esters is 1. The number of carbonyl (C=O) groups excluding carboxylic acids is 2. The van der Waals surface area contributed by atoms with E-state index >= 15 is 0 Å². The molecule has 1 aromatic rings. The molecule has 20 heavy (non-hydrogen) atoms. The largest absolute Gasteiger partial charge is 0.496 e. The highest BCUT2D eigenvalue weighted by Crippen LogP contribution is 2.39. The maximum absolute atomic E-state index is 14.0. The Balaban J connectivity index is 3.42. The van der Waals surface area contributed by atoms with E-state index in [1.165, 1.54) is 14.0 Å². The van der Waals surface area contributed by atoms with Gasteiger partial charge in [0.1, 0.15) is 11.5 Å². The summed E-state index contributed by atoms with van der Waals surface area (Å²) in [6.45, 7) is 1.24. The van der Waals surface area contributed by atoms with E-state index in [0.29, 0.717) is 6.29 Å². The van der Waals surface area contributed by atoms with Gasteiger partial charge in [0, 0.05) is 0 Å². The molecule has 1 rings (SSSR count). The van der Waals surface area contributed by atoms with Crippen molar-refractivity contribution in [1.82, 2.24) is 0 Å². The lowest BCUT2D eigenvalue weighted by Crippen LogP contribution is -2.29. The maximum atomic E-state index is 14.0. The molecule has 0 radical (unpaired) electrons. The molecule has 0 N–H and O–H groups in total. The molecule has 0 saturated carbocycles. The molecular weight excluding hydrogens is 274 g/mol. The Morgan fingerprint density at radius 2 is 1.85 bits per heavy atom. The lowest BCUT2D eigenvalue weighted by atomic mass is 10.0. The first kappa shape index (κ1) is 15.9. The standard InChI is InChI=1S/C13H14F2O5/c1-4-20-12(17)13(14,15)9-6-10(18-2)8(7-16)5-11(9)19-3/h5-7H,4H2,1-3H3. The van der Waals surface area contributed by atoms with Crippen LogP contribution in [0.1, 0.15) is 22.8 Å². The van der Waals surface area contributed by atoms with Gasteiger partial charge in [0.05, 0.1) is 32.0 Å². The van der Waals surface area contributed by atoms with Gasteiger partial charge in [-0.1, -0.05) is 0 Å². The third-order valence-corrected chi connectivity index (χ3v) is 2.55. The number of alkyl halides is 2. The number of aldehydes is 1. The van der Waals surface area contributed by atoms with Crippen LogP contribution in [0.3, 0.4) is 0 Å². The molecule has 110 valence electrons. The Labute approximate surface area is 114 Å². The summed E-state index contributed by atoms with van der Waals surface area (Å²) in [5.41, 5.74) is -0.686. The van der Waals surface area contributed by atoms with Gasteiger partial charge in [0.15, 0.2) is 6.29 Å². The van der Waals surface area contributed by atoms with Gasteiger partial charge in [-0.2, -0.15) is 8.78 Å². The summed E-state index contributed by atoms with van der Waals surface area (Å²) >= 11 is 0. The van der Waals surface area contributed by atoms with E-state index in [1.54, 1.807) is 0 Å². The van der Waals surface area contributed by atoms with Crippen molar-refractivity contribution in [3.63, 3.8) is 0 Å². The fraction of sp³-hybridized carbons (Fsp3) is 0.385. The molecule has 7 heteroatoms. The van der Waals surface area contributed by atoms with Crippen molar-refractivity contribution in [1.29, 1.82) is 0 Å². The van der Waals surface area contributed by atoms with Crippen LogP contribution in [0.4, 0.5) is 8.78 Å². The van der Waals surface area contributed by atoms with Crippen LogP contribution in [0.15, 0.2) is 12.1 Å². The molecular formula is C13H14F2O5. The summed E-state index contributed by atoms with van der Waals surface area (Å²) < 4.78 is 42.0. The first-order valence-corrected chi connectivity index (χ1v) is 5.69. The zero-order chi connectivity index (χ0) is 15.3. The highest BCUT2D eigenvalue weighted by Gasteiger charge is 2.45. The fourth-order valence-corrected chi connectivity index (χ4v) is 1.59. The van der Waals surface area contributed by atoms with Crippen molar-refractivity contribution >= 4 is 12.3 Å². The van der Waals surface area contributed by atoms with E-state index in [1.807, 2.05) is 0 Å². The first-order valence-electron chi connectivity index (χ1n) is 5.69. The van der Waals surface area contributed by atoms with E-state index in [4.69, 9.17) is 9.47 Å². The van der Waals surface area contributed by atoms with E-state index in [9.17, 15) is 18.4 Å². The van der Waals surface area contributed by atoms with Crippen molar-refractivity contribution < 1.29 is 32.6 Å². The highest BCUT2D eigenvalue weighted by molar-refractivity contribution is 5.84. The predicted octanol–water partition coefficient (Wildman–Crippen LogP) is 2.17. The van der Waals surface area contributed by atoms with Crippen molar-refractivity contribution in [2.24, 2.45) is 0 Å².